The van der Waals surface area contributed by atoms with Crippen LogP contribution in [0.3, 0.4) is 0 Å². The molecule has 0 aromatic heterocycles. The molecule has 0 saturated heterocycles. The van der Waals surface area contributed by atoms with Crippen LogP contribution in [0.4, 0.5) is 0 Å². The molecule has 2 N–H and O–H groups in total. The molecule has 0 aliphatic carbocycles. The molecule has 15 heavy (non-hydrogen) atoms. The highest BCUT2D eigenvalue weighted by Gasteiger charge is 2.07. The van der Waals surface area contributed by atoms with Crippen LogP contribution in [0.5, 0.6) is 0 Å². The normalized spacial score (nSPS) is 15.1. The average molecular weight is 233 g/mol. The van der Waals surface area contributed by atoms with Crippen molar-refractivity contribution >= 4 is 10.8 Å². The van der Waals surface area contributed by atoms with Crippen LogP contribution in [0.2, 0.25) is 0 Å². The Morgan fingerprint density at radius 1 is 1.07 bits per heavy atom. The van der Waals surface area contributed by atoms with Crippen molar-refractivity contribution in [1.82, 2.24) is 0 Å². The molecule has 0 saturated carbocycles. The monoisotopic (exact) mass is 233 g/mol. The number of hydrogen-bond donors (Lipinski definition) is 1. The largest absolute Gasteiger partial charge is 0.329 e. The third kappa shape index (κ3) is 9.06. The van der Waals surface area contributed by atoms with Gasteiger partial charge in [0.2, 0.25) is 0 Å². The van der Waals surface area contributed by atoms with Crippen LogP contribution in [0.15, 0.2) is 0 Å². The molecule has 3 heteroatoms. The highest BCUT2D eigenvalue weighted by molar-refractivity contribution is 7.85. The fraction of sp³-hybridized carbons (Fsp3) is 1.00. The average Bonchev–Trinajstić information content (AvgIpc) is 2.26. The van der Waals surface area contributed by atoms with Crippen LogP contribution in [-0.2, 0) is 10.8 Å². The van der Waals surface area contributed by atoms with Crippen molar-refractivity contribution in [2.45, 2.75) is 64.0 Å². The van der Waals surface area contributed by atoms with Gasteiger partial charge in [-0.3, -0.25) is 4.21 Å². The van der Waals surface area contributed by atoms with Crippen LogP contribution in [0.25, 0.3) is 0 Å². The molecule has 92 valence electrons. The summed E-state index contributed by atoms with van der Waals surface area (Å²) in [6.07, 6.45) is 8.99. The van der Waals surface area contributed by atoms with E-state index in [0.717, 1.165) is 12.2 Å². The van der Waals surface area contributed by atoms with E-state index in [9.17, 15) is 4.21 Å². The van der Waals surface area contributed by atoms with Crippen LogP contribution >= 0.6 is 0 Å². The molecule has 0 aliphatic heterocycles. The lowest BCUT2D eigenvalue weighted by atomic mass is 10.1. The van der Waals surface area contributed by atoms with E-state index in [1.165, 1.54) is 38.5 Å². The van der Waals surface area contributed by atoms with Crippen molar-refractivity contribution in [1.29, 1.82) is 0 Å². The predicted octanol–water partition coefficient (Wildman–Crippen LogP) is 2.83. The molecule has 0 amide bonds. The fourth-order valence-electron chi connectivity index (χ4n) is 1.51. The third-order valence-corrected chi connectivity index (χ3v) is 4.51. The minimum atomic E-state index is -0.699. The van der Waals surface area contributed by atoms with E-state index in [-0.39, 0.29) is 5.25 Å². The lowest BCUT2D eigenvalue weighted by molar-refractivity contribution is 0.600. The first-order valence-corrected chi connectivity index (χ1v) is 7.67. The molecule has 0 aromatic rings. The maximum Gasteiger partial charge on any atom is 0.0442 e. The Kier molecular flexibility index (Phi) is 10.7. The quantitative estimate of drug-likeness (QED) is 0.590. The first-order valence-electron chi connectivity index (χ1n) is 6.29. The van der Waals surface area contributed by atoms with Crippen LogP contribution in [0.1, 0.15) is 58.8 Å². The second-order valence-corrected chi connectivity index (χ2v) is 6.23. The maximum absolute atomic E-state index is 11.5. The summed E-state index contributed by atoms with van der Waals surface area (Å²) < 4.78 is 11.5. The van der Waals surface area contributed by atoms with Gasteiger partial charge in [-0.05, 0) is 13.3 Å². The highest BCUT2D eigenvalue weighted by Crippen LogP contribution is 2.08. The van der Waals surface area contributed by atoms with E-state index in [1.807, 2.05) is 6.92 Å². The molecule has 0 bridgehead atoms. The zero-order valence-corrected chi connectivity index (χ0v) is 11.2. The van der Waals surface area contributed by atoms with Crippen molar-refractivity contribution in [3.63, 3.8) is 0 Å². The van der Waals surface area contributed by atoms with E-state index >= 15 is 0 Å². The van der Waals surface area contributed by atoms with Crippen LogP contribution in [0, 0.1) is 0 Å². The zero-order chi connectivity index (χ0) is 11.5. The molecule has 0 heterocycles. The molecule has 0 aliphatic rings. The first kappa shape index (κ1) is 15.1. The van der Waals surface area contributed by atoms with Gasteiger partial charge in [-0.15, -0.1) is 0 Å². The van der Waals surface area contributed by atoms with Crippen molar-refractivity contribution in [3.8, 4) is 0 Å². The van der Waals surface area contributed by atoms with Crippen molar-refractivity contribution in [2.24, 2.45) is 5.73 Å². The Hall–Kier alpha value is 0.110. The summed E-state index contributed by atoms with van der Waals surface area (Å²) in [5, 5.41) is 0.171. The number of rotatable bonds is 10. The Morgan fingerprint density at radius 3 is 2.13 bits per heavy atom. The van der Waals surface area contributed by atoms with Gasteiger partial charge in [0.25, 0.3) is 0 Å². The van der Waals surface area contributed by atoms with Crippen LogP contribution < -0.4 is 5.73 Å². The predicted molar refractivity (Wildman–Crippen MR) is 69.5 cm³/mol. The van der Waals surface area contributed by atoms with Crippen molar-refractivity contribution in [3.05, 3.63) is 0 Å². The van der Waals surface area contributed by atoms with E-state index < -0.39 is 10.8 Å². The van der Waals surface area contributed by atoms with E-state index in [2.05, 4.69) is 6.92 Å². The summed E-state index contributed by atoms with van der Waals surface area (Å²) in [5.74, 6) is 0.839. The Balaban J connectivity index is 3.20. The Morgan fingerprint density at radius 2 is 1.60 bits per heavy atom. The van der Waals surface area contributed by atoms with E-state index in [1.54, 1.807) is 0 Å². The van der Waals surface area contributed by atoms with Gasteiger partial charge in [-0.1, -0.05) is 45.4 Å². The maximum atomic E-state index is 11.5. The van der Waals surface area contributed by atoms with Crippen molar-refractivity contribution in [2.75, 3.05) is 12.3 Å². The summed E-state index contributed by atoms with van der Waals surface area (Å²) in [6, 6.07) is 0. The number of unbranched alkanes of at least 4 members (excludes halogenated alkanes) is 6. The summed E-state index contributed by atoms with van der Waals surface area (Å²) in [5.41, 5.74) is 5.47. The third-order valence-electron chi connectivity index (χ3n) is 2.73. The lowest BCUT2D eigenvalue weighted by Gasteiger charge is -2.07. The van der Waals surface area contributed by atoms with E-state index in [4.69, 9.17) is 5.73 Å². The van der Waals surface area contributed by atoms with Gasteiger partial charge < -0.3 is 5.73 Å². The highest BCUT2D eigenvalue weighted by atomic mass is 32.2. The first-order chi connectivity index (χ1) is 7.22. The molecule has 0 rings (SSSR count). The number of hydrogen-bond acceptors (Lipinski definition) is 2. The summed E-state index contributed by atoms with van der Waals surface area (Å²) >= 11 is 0. The Bertz CT molecular complexity index is 162. The lowest BCUT2D eigenvalue weighted by Crippen LogP contribution is -2.23. The molecule has 2 unspecified atom stereocenters. The van der Waals surface area contributed by atoms with Crippen LogP contribution in [-0.4, -0.2) is 21.8 Å². The molecule has 2 atom stereocenters. The van der Waals surface area contributed by atoms with Gasteiger partial charge in [0, 0.05) is 28.3 Å². The molecule has 2 nitrogen and oxygen atoms in total. The van der Waals surface area contributed by atoms with Gasteiger partial charge in [0.05, 0.1) is 0 Å². The van der Waals surface area contributed by atoms with E-state index in [0.29, 0.717) is 6.54 Å². The minimum absolute atomic E-state index is 0.171. The molecular formula is C12H27NOS. The topological polar surface area (TPSA) is 43.1 Å². The molecule has 0 aromatic carbocycles. The minimum Gasteiger partial charge on any atom is -0.329 e. The fourth-order valence-corrected chi connectivity index (χ4v) is 2.62. The van der Waals surface area contributed by atoms with Gasteiger partial charge in [-0.25, -0.2) is 0 Å². The summed E-state index contributed by atoms with van der Waals surface area (Å²) in [7, 11) is -0.699. The SMILES string of the molecule is CCCCCCCCCS(=O)C(C)CN. The summed E-state index contributed by atoms with van der Waals surface area (Å²) in [6.45, 7) is 4.75. The Labute approximate surface area is 97.5 Å². The molecule has 0 radical (unpaired) electrons. The van der Waals surface area contributed by atoms with Crippen molar-refractivity contribution < 1.29 is 4.21 Å². The number of nitrogens with two attached hydrogens (primary N) is 1. The second kappa shape index (κ2) is 10.6. The van der Waals surface area contributed by atoms with Gasteiger partial charge in [0.1, 0.15) is 0 Å². The van der Waals surface area contributed by atoms with Gasteiger partial charge in [-0.2, -0.15) is 0 Å². The second-order valence-electron chi connectivity index (χ2n) is 4.25. The molecule has 0 fully saturated rings. The standard InChI is InChI=1S/C12H27NOS/c1-3-4-5-6-7-8-9-10-15(14)12(2)11-13/h12H,3-11,13H2,1-2H3. The summed E-state index contributed by atoms with van der Waals surface area (Å²) in [4.78, 5) is 0. The zero-order valence-electron chi connectivity index (χ0n) is 10.3. The van der Waals surface area contributed by atoms with Gasteiger partial charge >= 0.3 is 0 Å². The molecule has 0 spiro atoms. The van der Waals surface area contributed by atoms with Gasteiger partial charge in [0.15, 0.2) is 0 Å². The molecular weight excluding hydrogens is 206 g/mol. The smallest absolute Gasteiger partial charge is 0.0442 e.